The number of aliphatic hydroxyl groups excluding tert-OH is 1. The Kier molecular flexibility index (Phi) is 7.00. The summed E-state index contributed by atoms with van der Waals surface area (Å²) in [4.78, 5) is 26.9. The maximum atomic E-state index is 12.6. The summed E-state index contributed by atoms with van der Waals surface area (Å²) in [6.07, 6.45) is 3.28. The summed E-state index contributed by atoms with van der Waals surface area (Å²) in [5, 5.41) is 12.6. The van der Waals surface area contributed by atoms with Crippen molar-refractivity contribution in [3.05, 3.63) is 35.9 Å². The lowest BCUT2D eigenvalue weighted by molar-refractivity contribution is -0.127. The number of amides is 2. The van der Waals surface area contributed by atoms with Crippen molar-refractivity contribution in [1.82, 2.24) is 10.2 Å². The molecule has 0 bridgehead atoms. The van der Waals surface area contributed by atoms with Gasteiger partial charge in [-0.05, 0) is 37.8 Å². The van der Waals surface area contributed by atoms with E-state index in [0.29, 0.717) is 25.2 Å². The summed E-state index contributed by atoms with van der Waals surface area (Å²) in [5.41, 5.74) is 0.420. The highest BCUT2D eigenvalue weighted by Crippen LogP contribution is 2.25. The van der Waals surface area contributed by atoms with Gasteiger partial charge in [0.1, 0.15) is 0 Å². The number of rotatable bonds is 7. The molecule has 25 heavy (non-hydrogen) atoms. The van der Waals surface area contributed by atoms with Crippen molar-refractivity contribution in [3.63, 3.8) is 0 Å². The summed E-state index contributed by atoms with van der Waals surface area (Å²) >= 11 is 0. The van der Waals surface area contributed by atoms with E-state index in [-0.39, 0.29) is 29.8 Å². The minimum Gasteiger partial charge on any atom is -0.396 e. The van der Waals surface area contributed by atoms with Crippen molar-refractivity contribution >= 4 is 11.8 Å². The molecule has 1 aliphatic rings. The monoisotopic (exact) mass is 346 g/mol. The van der Waals surface area contributed by atoms with Gasteiger partial charge in [-0.25, -0.2) is 0 Å². The van der Waals surface area contributed by atoms with Crippen LogP contribution in [0.4, 0.5) is 0 Å². The first-order chi connectivity index (χ1) is 12.0. The molecule has 5 nitrogen and oxygen atoms in total. The van der Waals surface area contributed by atoms with E-state index < -0.39 is 0 Å². The number of carbonyl (C=O) groups excluding carboxylic acids is 2. The highest BCUT2D eigenvalue weighted by molar-refractivity contribution is 5.94. The fourth-order valence-electron chi connectivity index (χ4n) is 3.34. The average Bonchev–Trinajstić information content (AvgIpc) is 2.69. The number of hydrogen-bond donors (Lipinski definition) is 2. The second kappa shape index (κ2) is 8.99. The molecule has 0 aliphatic carbocycles. The topological polar surface area (TPSA) is 69.6 Å². The van der Waals surface area contributed by atoms with Crippen molar-refractivity contribution < 1.29 is 14.7 Å². The van der Waals surface area contributed by atoms with Crippen molar-refractivity contribution in [1.29, 1.82) is 0 Å². The maximum Gasteiger partial charge on any atom is 0.253 e. The van der Waals surface area contributed by atoms with Gasteiger partial charge >= 0.3 is 0 Å². The highest BCUT2D eigenvalue weighted by Gasteiger charge is 2.31. The van der Waals surface area contributed by atoms with Crippen molar-refractivity contribution in [3.8, 4) is 0 Å². The van der Waals surface area contributed by atoms with Gasteiger partial charge in [-0.3, -0.25) is 9.59 Å². The first kappa shape index (κ1) is 19.4. The third kappa shape index (κ3) is 4.82. The molecule has 1 heterocycles. The molecule has 0 radical (unpaired) electrons. The number of piperidine rings is 1. The Labute approximate surface area is 150 Å². The van der Waals surface area contributed by atoms with Crippen LogP contribution in [0.3, 0.4) is 0 Å². The largest absolute Gasteiger partial charge is 0.396 e. The lowest BCUT2D eigenvalue weighted by Crippen LogP contribution is -2.48. The molecule has 138 valence electrons. The molecule has 1 unspecified atom stereocenters. The van der Waals surface area contributed by atoms with Crippen LogP contribution in [0.15, 0.2) is 30.3 Å². The van der Waals surface area contributed by atoms with E-state index in [4.69, 9.17) is 0 Å². The molecular formula is C20H30N2O3. The summed E-state index contributed by atoms with van der Waals surface area (Å²) in [7, 11) is 0. The summed E-state index contributed by atoms with van der Waals surface area (Å²) in [6, 6.07) is 9.21. The zero-order chi connectivity index (χ0) is 18.3. The highest BCUT2D eigenvalue weighted by atomic mass is 16.3. The van der Waals surface area contributed by atoms with E-state index in [1.54, 1.807) is 4.90 Å². The number of likely N-dealkylation sites (tertiary alicyclic amines) is 1. The van der Waals surface area contributed by atoms with Gasteiger partial charge in [0.15, 0.2) is 0 Å². The number of benzene rings is 1. The van der Waals surface area contributed by atoms with Gasteiger partial charge in [-0.1, -0.05) is 32.0 Å². The van der Waals surface area contributed by atoms with Crippen LogP contribution in [0.25, 0.3) is 0 Å². The molecule has 0 aromatic heterocycles. The first-order valence-corrected chi connectivity index (χ1v) is 9.28. The fraction of sp³-hybridized carbons (Fsp3) is 0.600. The molecule has 5 heteroatoms. The van der Waals surface area contributed by atoms with E-state index in [1.807, 2.05) is 44.2 Å². The first-order valence-electron chi connectivity index (χ1n) is 9.28. The number of carbonyl (C=O) groups is 2. The Morgan fingerprint density at radius 1 is 1.24 bits per heavy atom. The Morgan fingerprint density at radius 3 is 2.52 bits per heavy atom. The van der Waals surface area contributed by atoms with Crippen LogP contribution in [-0.2, 0) is 4.79 Å². The fourth-order valence-corrected chi connectivity index (χ4v) is 3.34. The lowest BCUT2D eigenvalue weighted by atomic mass is 9.83. The minimum atomic E-state index is -0.246. The Morgan fingerprint density at radius 2 is 1.92 bits per heavy atom. The third-order valence-electron chi connectivity index (χ3n) is 5.57. The summed E-state index contributed by atoms with van der Waals surface area (Å²) in [5.74, 6) is -0.193. The molecule has 2 N–H and O–H groups in total. The van der Waals surface area contributed by atoms with Crippen LogP contribution < -0.4 is 5.32 Å². The van der Waals surface area contributed by atoms with Crippen LogP contribution in [0, 0.1) is 11.3 Å². The zero-order valence-electron chi connectivity index (χ0n) is 15.3. The van der Waals surface area contributed by atoms with Crippen LogP contribution in [0.2, 0.25) is 0 Å². The van der Waals surface area contributed by atoms with Gasteiger partial charge < -0.3 is 15.3 Å². The second-order valence-corrected chi connectivity index (χ2v) is 7.04. The van der Waals surface area contributed by atoms with E-state index in [9.17, 15) is 14.7 Å². The third-order valence-corrected chi connectivity index (χ3v) is 5.57. The van der Waals surface area contributed by atoms with Gasteiger partial charge in [-0.15, -0.1) is 0 Å². The van der Waals surface area contributed by atoms with Gasteiger partial charge in [0.2, 0.25) is 5.91 Å². The maximum absolute atomic E-state index is 12.6. The van der Waals surface area contributed by atoms with Crippen LogP contribution >= 0.6 is 0 Å². The van der Waals surface area contributed by atoms with Crippen LogP contribution in [0.5, 0.6) is 0 Å². The number of nitrogens with one attached hydrogen (secondary N) is 1. The van der Waals surface area contributed by atoms with Crippen LogP contribution in [-0.4, -0.2) is 48.1 Å². The molecule has 1 fully saturated rings. The predicted molar refractivity (Wildman–Crippen MR) is 98.2 cm³/mol. The van der Waals surface area contributed by atoms with Crippen molar-refractivity contribution in [2.45, 2.75) is 39.5 Å². The standard InChI is InChI=1S/C20H30N2O3/c1-3-20(4-2,15-23)14-21-18(24)17-11-8-12-22(13-17)19(25)16-9-6-5-7-10-16/h5-7,9-10,17,23H,3-4,8,11-15H2,1-2H3,(H,21,24). The number of aliphatic hydroxyl groups is 1. The second-order valence-electron chi connectivity index (χ2n) is 7.04. The molecule has 2 rings (SSSR count). The van der Waals surface area contributed by atoms with Crippen molar-refractivity contribution in [2.24, 2.45) is 11.3 Å². The Balaban J connectivity index is 1.94. The quantitative estimate of drug-likeness (QED) is 0.797. The zero-order valence-corrected chi connectivity index (χ0v) is 15.3. The molecule has 1 saturated heterocycles. The molecule has 0 saturated carbocycles. The van der Waals surface area contributed by atoms with E-state index >= 15 is 0 Å². The predicted octanol–water partition coefficient (Wildman–Crippen LogP) is 2.45. The SMILES string of the molecule is CCC(CC)(CO)CNC(=O)C1CCCN(C(=O)c2ccccc2)C1. The van der Waals surface area contributed by atoms with Gasteiger partial charge in [0.05, 0.1) is 12.5 Å². The summed E-state index contributed by atoms with van der Waals surface area (Å²) in [6.45, 7) is 5.79. The number of hydrogen-bond acceptors (Lipinski definition) is 3. The molecule has 1 aromatic rings. The van der Waals surface area contributed by atoms with Gasteiger partial charge in [0, 0.05) is 30.6 Å². The molecule has 0 spiro atoms. The minimum absolute atomic E-state index is 0.00899. The molecule has 1 atom stereocenters. The van der Waals surface area contributed by atoms with E-state index in [2.05, 4.69) is 5.32 Å². The molecule has 1 aliphatic heterocycles. The lowest BCUT2D eigenvalue weighted by Gasteiger charge is -2.34. The average molecular weight is 346 g/mol. The smallest absolute Gasteiger partial charge is 0.253 e. The summed E-state index contributed by atoms with van der Waals surface area (Å²) < 4.78 is 0. The Hall–Kier alpha value is -1.88. The molecule has 1 aromatic carbocycles. The van der Waals surface area contributed by atoms with Gasteiger partial charge in [-0.2, -0.15) is 0 Å². The molecule has 2 amide bonds. The van der Waals surface area contributed by atoms with Crippen LogP contribution in [0.1, 0.15) is 49.9 Å². The van der Waals surface area contributed by atoms with E-state index in [0.717, 1.165) is 25.7 Å². The van der Waals surface area contributed by atoms with Crippen molar-refractivity contribution in [2.75, 3.05) is 26.2 Å². The molecular weight excluding hydrogens is 316 g/mol. The normalized spacial score (nSPS) is 18.0. The van der Waals surface area contributed by atoms with Gasteiger partial charge in [0.25, 0.3) is 5.91 Å². The van der Waals surface area contributed by atoms with E-state index in [1.165, 1.54) is 0 Å². The Bertz CT molecular complexity index is 561. The number of nitrogens with zero attached hydrogens (tertiary/aromatic N) is 1.